The first-order chi connectivity index (χ1) is 12.0. The van der Waals surface area contributed by atoms with E-state index in [1.807, 2.05) is 11.8 Å². The second-order valence-electron chi connectivity index (χ2n) is 6.83. The SMILES string of the molecule is COC(=O)c1sc(N2CCN(C(=O)C3CCC(N)CC3)CC2)nc1C.Cl.Cl. The zero-order chi connectivity index (χ0) is 18.0. The summed E-state index contributed by atoms with van der Waals surface area (Å²) in [4.78, 5) is 33.6. The number of hydrogen-bond acceptors (Lipinski definition) is 7. The number of methoxy groups -OCH3 is 1. The Labute approximate surface area is 176 Å². The van der Waals surface area contributed by atoms with Gasteiger partial charge in [-0.3, -0.25) is 4.79 Å². The number of aryl methyl sites for hydroxylation is 1. The summed E-state index contributed by atoms with van der Waals surface area (Å²) in [7, 11) is 1.38. The lowest BCUT2D eigenvalue weighted by Gasteiger charge is -2.37. The minimum Gasteiger partial charge on any atom is -0.465 e. The molecule has 0 unspecified atom stereocenters. The maximum atomic E-state index is 12.7. The number of carbonyl (C=O) groups is 2. The molecule has 10 heteroatoms. The summed E-state index contributed by atoms with van der Waals surface area (Å²) < 4.78 is 4.79. The molecule has 2 heterocycles. The van der Waals surface area contributed by atoms with Crippen molar-refractivity contribution in [1.82, 2.24) is 9.88 Å². The van der Waals surface area contributed by atoms with Crippen LogP contribution in [0.2, 0.25) is 0 Å². The van der Waals surface area contributed by atoms with Crippen LogP contribution in [0.3, 0.4) is 0 Å². The van der Waals surface area contributed by atoms with E-state index in [4.69, 9.17) is 10.5 Å². The first kappa shape index (κ1) is 23.9. The van der Waals surface area contributed by atoms with Crippen molar-refractivity contribution in [2.24, 2.45) is 11.7 Å². The van der Waals surface area contributed by atoms with E-state index < -0.39 is 0 Å². The van der Waals surface area contributed by atoms with Crippen LogP contribution in [-0.4, -0.2) is 61.1 Å². The molecule has 2 fully saturated rings. The Bertz CT molecular complexity index is 642. The van der Waals surface area contributed by atoms with Gasteiger partial charge in [0.2, 0.25) is 5.91 Å². The number of anilines is 1. The Morgan fingerprint density at radius 1 is 1.11 bits per heavy atom. The Hall–Kier alpha value is -1.09. The van der Waals surface area contributed by atoms with Gasteiger partial charge in [-0.1, -0.05) is 11.3 Å². The molecule has 27 heavy (non-hydrogen) atoms. The number of amides is 1. The van der Waals surface area contributed by atoms with Crippen LogP contribution in [0.5, 0.6) is 0 Å². The third-order valence-electron chi connectivity index (χ3n) is 5.14. The summed E-state index contributed by atoms with van der Waals surface area (Å²) in [5.41, 5.74) is 6.63. The second kappa shape index (κ2) is 10.5. The van der Waals surface area contributed by atoms with Gasteiger partial charge in [0.15, 0.2) is 5.13 Å². The largest absolute Gasteiger partial charge is 0.465 e. The van der Waals surface area contributed by atoms with Crippen molar-refractivity contribution in [2.45, 2.75) is 38.6 Å². The van der Waals surface area contributed by atoms with E-state index in [1.165, 1.54) is 18.4 Å². The van der Waals surface area contributed by atoms with E-state index in [-0.39, 0.29) is 48.7 Å². The molecule has 0 bridgehead atoms. The lowest BCUT2D eigenvalue weighted by Crippen LogP contribution is -2.51. The van der Waals surface area contributed by atoms with Crippen LogP contribution < -0.4 is 10.6 Å². The first-order valence-electron chi connectivity index (χ1n) is 8.84. The quantitative estimate of drug-likeness (QED) is 0.727. The molecule has 2 N–H and O–H groups in total. The normalized spacial score (nSPS) is 22.5. The number of aromatic nitrogens is 1. The Morgan fingerprint density at radius 3 is 2.26 bits per heavy atom. The molecule has 0 spiro atoms. The van der Waals surface area contributed by atoms with Crippen molar-refractivity contribution in [1.29, 1.82) is 0 Å². The number of nitrogens with two attached hydrogens (primary N) is 1. The molecule has 1 amide bonds. The summed E-state index contributed by atoms with van der Waals surface area (Å²) in [6.07, 6.45) is 3.72. The average Bonchev–Trinajstić information content (AvgIpc) is 3.03. The monoisotopic (exact) mass is 438 g/mol. The van der Waals surface area contributed by atoms with Crippen LogP contribution in [-0.2, 0) is 9.53 Å². The third-order valence-corrected chi connectivity index (χ3v) is 6.34. The van der Waals surface area contributed by atoms with Gasteiger partial charge in [-0.15, -0.1) is 24.8 Å². The van der Waals surface area contributed by atoms with Crippen LogP contribution in [0.25, 0.3) is 0 Å². The summed E-state index contributed by atoms with van der Waals surface area (Å²) in [5, 5.41) is 0.827. The fraction of sp³-hybridized carbons (Fsp3) is 0.706. The van der Waals surface area contributed by atoms with Gasteiger partial charge in [0.05, 0.1) is 12.8 Å². The van der Waals surface area contributed by atoms with E-state index in [0.29, 0.717) is 23.7 Å². The average molecular weight is 439 g/mol. The van der Waals surface area contributed by atoms with Crippen LogP contribution in [0.1, 0.15) is 41.0 Å². The molecule has 0 aromatic carbocycles. The minimum atomic E-state index is -0.342. The van der Waals surface area contributed by atoms with Gasteiger partial charge >= 0.3 is 5.97 Å². The van der Waals surface area contributed by atoms with Gasteiger partial charge in [-0.2, -0.15) is 0 Å². The Morgan fingerprint density at radius 2 is 1.70 bits per heavy atom. The van der Waals surface area contributed by atoms with Gasteiger partial charge in [0.25, 0.3) is 0 Å². The molecular weight excluding hydrogens is 411 g/mol. The number of esters is 1. The molecule has 0 atom stereocenters. The first-order valence-corrected chi connectivity index (χ1v) is 9.66. The molecule has 1 aliphatic heterocycles. The maximum Gasteiger partial charge on any atom is 0.350 e. The molecule has 1 saturated carbocycles. The lowest BCUT2D eigenvalue weighted by atomic mass is 9.85. The van der Waals surface area contributed by atoms with Gasteiger partial charge in [-0.05, 0) is 32.6 Å². The van der Waals surface area contributed by atoms with E-state index >= 15 is 0 Å². The summed E-state index contributed by atoms with van der Waals surface area (Å²) in [6.45, 7) is 4.71. The predicted octanol–water partition coefficient (Wildman–Crippen LogP) is 2.25. The molecule has 1 aromatic rings. The van der Waals surface area contributed by atoms with Crippen molar-refractivity contribution >= 4 is 53.2 Å². The number of ether oxygens (including phenoxy) is 1. The second-order valence-corrected chi connectivity index (χ2v) is 7.80. The number of rotatable bonds is 3. The third kappa shape index (κ3) is 5.47. The fourth-order valence-corrected chi connectivity index (χ4v) is 4.58. The molecule has 1 saturated heterocycles. The Kier molecular flexibility index (Phi) is 9.27. The number of hydrogen-bond donors (Lipinski definition) is 1. The van der Waals surface area contributed by atoms with E-state index in [1.54, 1.807) is 0 Å². The molecule has 1 aliphatic carbocycles. The highest BCUT2D eigenvalue weighted by Crippen LogP contribution is 2.29. The van der Waals surface area contributed by atoms with Gasteiger partial charge in [0, 0.05) is 38.1 Å². The number of halogens is 2. The molecule has 154 valence electrons. The van der Waals surface area contributed by atoms with E-state index in [0.717, 1.165) is 43.9 Å². The van der Waals surface area contributed by atoms with Crippen molar-refractivity contribution in [3.05, 3.63) is 10.6 Å². The standard InChI is InChI=1S/C17H26N4O3S.2ClH/c1-11-14(16(23)24-2)25-17(19-11)21-9-7-20(8-10-21)15(22)12-3-5-13(18)6-4-12;;/h12-13H,3-10,18H2,1-2H3;2*1H. The molecule has 0 radical (unpaired) electrons. The minimum absolute atomic E-state index is 0. The highest BCUT2D eigenvalue weighted by molar-refractivity contribution is 7.17. The van der Waals surface area contributed by atoms with Gasteiger partial charge in [-0.25, -0.2) is 9.78 Å². The molecule has 2 aliphatic rings. The van der Waals surface area contributed by atoms with Gasteiger partial charge in [0.1, 0.15) is 4.88 Å². The number of thiazole rings is 1. The Balaban J connectivity index is 0.00000182. The van der Waals surface area contributed by atoms with Crippen LogP contribution in [0, 0.1) is 12.8 Å². The predicted molar refractivity (Wildman–Crippen MR) is 111 cm³/mol. The number of piperazine rings is 1. The molecule has 3 rings (SSSR count). The smallest absolute Gasteiger partial charge is 0.350 e. The van der Waals surface area contributed by atoms with Crippen molar-refractivity contribution in [3.63, 3.8) is 0 Å². The van der Waals surface area contributed by atoms with E-state index in [9.17, 15) is 9.59 Å². The van der Waals surface area contributed by atoms with Gasteiger partial charge < -0.3 is 20.3 Å². The van der Waals surface area contributed by atoms with E-state index in [2.05, 4.69) is 9.88 Å². The maximum absolute atomic E-state index is 12.7. The summed E-state index contributed by atoms with van der Waals surface area (Å²) in [5.74, 6) is 0.0714. The summed E-state index contributed by atoms with van der Waals surface area (Å²) >= 11 is 1.36. The lowest BCUT2D eigenvalue weighted by molar-refractivity contribution is -0.136. The fourth-order valence-electron chi connectivity index (χ4n) is 3.54. The zero-order valence-corrected chi connectivity index (χ0v) is 18.1. The number of carbonyl (C=O) groups excluding carboxylic acids is 2. The van der Waals surface area contributed by atoms with Crippen LogP contribution >= 0.6 is 36.2 Å². The number of nitrogens with zero attached hydrogens (tertiary/aromatic N) is 3. The summed E-state index contributed by atoms with van der Waals surface area (Å²) in [6, 6.07) is 0.262. The highest BCUT2D eigenvalue weighted by atomic mass is 35.5. The van der Waals surface area contributed by atoms with Crippen molar-refractivity contribution in [2.75, 3.05) is 38.2 Å². The van der Waals surface area contributed by atoms with Crippen LogP contribution in [0.15, 0.2) is 0 Å². The van der Waals surface area contributed by atoms with Crippen LogP contribution in [0.4, 0.5) is 5.13 Å². The topological polar surface area (TPSA) is 88.8 Å². The molecule has 7 nitrogen and oxygen atoms in total. The zero-order valence-electron chi connectivity index (χ0n) is 15.7. The molecular formula is C17H28Cl2N4O3S. The highest BCUT2D eigenvalue weighted by Gasteiger charge is 2.31. The molecule has 1 aromatic heterocycles. The van der Waals surface area contributed by atoms with Crippen molar-refractivity contribution < 1.29 is 14.3 Å². The van der Waals surface area contributed by atoms with Crippen molar-refractivity contribution in [3.8, 4) is 0 Å².